The highest BCUT2D eigenvalue weighted by molar-refractivity contribution is 7.92. The van der Waals surface area contributed by atoms with E-state index in [2.05, 4.69) is 24.9 Å². The molecule has 0 spiro atoms. The van der Waals surface area contributed by atoms with E-state index in [9.17, 15) is 8.42 Å². The van der Waals surface area contributed by atoms with Gasteiger partial charge in [0, 0.05) is 11.8 Å². The number of aromatic amines is 2. The van der Waals surface area contributed by atoms with Crippen LogP contribution in [0.2, 0.25) is 0 Å². The predicted molar refractivity (Wildman–Crippen MR) is 66.7 cm³/mol. The maximum Gasteiger partial charge on any atom is 0.280 e. The van der Waals surface area contributed by atoms with Crippen LogP contribution < -0.4 is 4.72 Å². The second-order valence-electron chi connectivity index (χ2n) is 3.97. The summed E-state index contributed by atoms with van der Waals surface area (Å²) >= 11 is 0. The Kier molecular flexibility index (Phi) is 3.37. The minimum absolute atomic E-state index is 0.0278. The fraction of sp³-hybridized carbons (Fsp3) is 0.400. The summed E-state index contributed by atoms with van der Waals surface area (Å²) in [6.07, 6.45) is 3.07. The van der Waals surface area contributed by atoms with Crippen molar-refractivity contribution in [1.82, 2.24) is 20.2 Å². The van der Waals surface area contributed by atoms with E-state index in [-0.39, 0.29) is 10.8 Å². The van der Waals surface area contributed by atoms with Crippen LogP contribution in [0, 0.1) is 6.92 Å². The molecule has 8 heteroatoms. The summed E-state index contributed by atoms with van der Waals surface area (Å²) in [6, 6.07) is 1.68. The SMILES string of the molecule is CCCc1cc(NS(=O)(=O)c2cnc(C)[nH]2)n[nH]1. The number of sulfonamides is 1. The molecule has 2 aromatic heterocycles. The van der Waals surface area contributed by atoms with Crippen LogP contribution in [0.5, 0.6) is 0 Å². The Morgan fingerprint density at radius 3 is 2.83 bits per heavy atom. The van der Waals surface area contributed by atoms with Crippen molar-refractivity contribution in [3.8, 4) is 0 Å². The summed E-state index contributed by atoms with van der Waals surface area (Å²) in [5.41, 5.74) is 0.899. The molecule has 2 heterocycles. The van der Waals surface area contributed by atoms with E-state index >= 15 is 0 Å². The molecular formula is C10H15N5O2S. The third kappa shape index (κ3) is 2.70. The van der Waals surface area contributed by atoms with Crippen LogP contribution in [0.4, 0.5) is 5.82 Å². The summed E-state index contributed by atoms with van der Waals surface area (Å²) in [6.45, 7) is 3.73. The summed E-state index contributed by atoms with van der Waals surface area (Å²) in [4.78, 5) is 6.53. The Labute approximate surface area is 105 Å². The highest BCUT2D eigenvalue weighted by Crippen LogP contribution is 2.13. The number of imidazole rings is 1. The van der Waals surface area contributed by atoms with E-state index in [1.807, 2.05) is 6.92 Å². The third-order valence-corrected chi connectivity index (χ3v) is 3.62. The Hall–Kier alpha value is -1.83. The summed E-state index contributed by atoms with van der Waals surface area (Å²) in [7, 11) is -3.64. The Morgan fingerprint density at radius 1 is 1.44 bits per heavy atom. The van der Waals surface area contributed by atoms with Crippen molar-refractivity contribution in [1.29, 1.82) is 0 Å². The Morgan fingerprint density at radius 2 is 2.22 bits per heavy atom. The van der Waals surface area contributed by atoms with Crippen LogP contribution in [0.15, 0.2) is 17.3 Å². The number of aryl methyl sites for hydroxylation is 2. The quantitative estimate of drug-likeness (QED) is 0.758. The van der Waals surface area contributed by atoms with Crippen LogP contribution in [0.3, 0.4) is 0 Å². The first-order chi connectivity index (χ1) is 8.51. The van der Waals surface area contributed by atoms with Crippen molar-refractivity contribution in [2.75, 3.05) is 4.72 Å². The zero-order valence-electron chi connectivity index (χ0n) is 10.2. The van der Waals surface area contributed by atoms with Gasteiger partial charge in [-0.25, -0.2) is 4.98 Å². The predicted octanol–water partition coefficient (Wildman–Crippen LogP) is 1.19. The number of H-pyrrole nitrogens is 2. The van der Waals surface area contributed by atoms with Gasteiger partial charge in [-0.05, 0) is 13.3 Å². The molecule has 0 aromatic carbocycles. The lowest BCUT2D eigenvalue weighted by Gasteiger charge is -2.01. The minimum atomic E-state index is -3.64. The van der Waals surface area contributed by atoms with E-state index in [0.29, 0.717) is 5.82 Å². The van der Waals surface area contributed by atoms with Gasteiger partial charge < -0.3 is 4.98 Å². The van der Waals surface area contributed by atoms with Gasteiger partial charge in [0.2, 0.25) is 0 Å². The van der Waals surface area contributed by atoms with Gasteiger partial charge in [-0.1, -0.05) is 13.3 Å². The average molecular weight is 269 g/mol. The molecule has 0 fully saturated rings. The van der Waals surface area contributed by atoms with Gasteiger partial charge in [0.05, 0.1) is 6.20 Å². The van der Waals surface area contributed by atoms with Crippen LogP contribution in [0.1, 0.15) is 24.9 Å². The van der Waals surface area contributed by atoms with Gasteiger partial charge in [0.25, 0.3) is 10.0 Å². The van der Waals surface area contributed by atoms with Gasteiger partial charge >= 0.3 is 0 Å². The first-order valence-electron chi connectivity index (χ1n) is 5.60. The molecule has 0 aliphatic carbocycles. The molecule has 0 unspecified atom stereocenters. The number of nitrogens with zero attached hydrogens (tertiary/aromatic N) is 2. The molecule has 18 heavy (non-hydrogen) atoms. The summed E-state index contributed by atoms with van der Waals surface area (Å²) in [5.74, 6) is 0.828. The summed E-state index contributed by atoms with van der Waals surface area (Å²) in [5, 5.41) is 6.71. The standard InChI is InChI=1S/C10H15N5O2S/c1-3-4-8-5-9(14-13-8)15-18(16,17)10-6-11-7(2)12-10/h5-6H,3-4H2,1-2H3,(H,11,12)(H2,13,14,15). The minimum Gasteiger partial charge on any atom is -0.332 e. The average Bonchev–Trinajstić information content (AvgIpc) is 2.88. The monoisotopic (exact) mass is 269 g/mol. The maximum atomic E-state index is 11.9. The van der Waals surface area contributed by atoms with Crippen LogP contribution in [0.25, 0.3) is 0 Å². The highest BCUT2D eigenvalue weighted by Gasteiger charge is 2.17. The first kappa shape index (κ1) is 12.6. The van der Waals surface area contributed by atoms with Crippen LogP contribution >= 0.6 is 0 Å². The van der Waals surface area contributed by atoms with E-state index in [1.54, 1.807) is 13.0 Å². The largest absolute Gasteiger partial charge is 0.332 e. The topological polar surface area (TPSA) is 104 Å². The van der Waals surface area contributed by atoms with Crippen molar-refractivity contribution >= 4 is 15.8 Å². The molecule has 0 bridgehead atoms. The lowest BCUT2D eigenvalue weighted by Crippen LogP contribution is -2.13. The molecule has 2 rings (SSSR count). The molecule has 0 amide bonds. The molecule has 0 atom stereocenters. The highest BCUT2D eigenvalue weighted by atomic mass is 32.2. The third-order valence-electron chi connectivity index (χ3n) is 2.36. The van der Waals surface area contributed by atoms with Crippen molar-refractivity contribution in [3.63, 3.8) is 0 Å². The number of rotatable bonds is 5. The summed E-state index contributed by atoms with van der Waals surface area (Å²) < 4.78 is 26.3. The molecule has 3 N–H and O–H groups in total. The fourth-order valence-corrected chi connectivity index (χ4v) is 2.50. The van der Waals surface area contributed by atoms with Crippen molar-refractivity contribution in [2.45, 2.75) is 31.7 Å². The molecule has 0 radical (unpaired) electrons. The Bertz CT molecular complexity index is 628. The number of anilines is 1. The normalized spacial score (nSPS) is 11.7. The molecule has 0 aliphatic heterocycles. The molecule has 98 valence electrons. The van der Waals surface area contributed by atoms with E-state index < -0.39 is 10.0 Å². The first-order valence-corrected chi connectivity index (χ1v) is 7.08. The van der Waals surface area contributed by atoms with Crippen molar-refractivity contribution in [3.05, 3.63) is 23.8 Å². The fourth-order valence-electron chi connectivity index (χ4n) is 1.54. The van der Waals surface area contributed by atoms with Crippen molar-refractivity contribution < 1.29 is 8.42 Å². The van der Waals surface area contributed by atoms with Crippen LogP contribution in [-0.2, 0) is 16.4 Å². The zero-order valence-corrected chi connectivity index (χ0v) is 11.0. The molecular weight excluding hydrogens is 254 g/mol. The van der Waals surface area contributed by atoms with E-state index in [4.69, 9.17) is 0 Å². The second-order valence-corrected chi connectivity index (χ2v) is 5.62. The molecule has 0 aliphatic rings. The zero-order chi connectivity index (χ0) is 13.2. The number of hydrogen-bond acceptors (Lipinski definition) is 4. The lowest BCUT2D eigenvalue weighted by molar-refractivity contribution is 0.598. The number of aromatic nitrogens is 4. The Balaban J connectivity index is 2.17. The molecule has 0 saturated heterocycles. The van der Waals surface area contributed by atoms with E-state index in [1.165, 1.54) is 6.20 Å². The lowest BCUT2D eigenvalue weighted by atomic mass is 10.2. The number of nitrogens with one attached hydrogen (secondary N) is 3. The van der Waals surface area contributed by atoms with Gasteiger partial charge in [0.15, 0.2) is 10.8 Å². The van der Waals surface area contributed by atoms with Gasteiger partial charge in [-0.3, -0.25) is 9.82 Å². The second kappa shape index (κ2) is 4.81. The van der Waals surface area contributed by atoms with Crippen LogP contribution in [-0.4, -0.2) is 28.6 Å². The maximum absolute atomic E-state index is 11.9. The smallest absolute Gasteiger partial charge is 0.280 e. The molecule has 7 nitrogen and oxygen atoms in total. The van der Waals surface area contributed by atoms with Gasteiger partial charge in [0.1, 0.15) is 5.82 Å². The van der Waals surface area contributed by atoms with Gasteiger partial charge in [-0.15, -0.1) is 0 Å². The van der Waals surface area contributed by atoms with Gasteiger partial charge in [-0.2, -0.15) is 13.5 Å². The molecule has 0 saturated carbocycles. The van der Waals surface area contributed by atoms with Crippen molar-refractivity contribution in [2.24, 2.45) is 0 Å². The van der Waals surface area contributed by atoms with E-state index in [0.717, 1.165) is 18.5 Å². The number of hydrogen-bond donors (Lipinski definition) is 3. The molecule has 2 aromatic rings.